The van der Waals surface area contributed by atoms with Crippen LogP contribution in [0.15, 0.2) is 57.9 Å². The van der Waals surface area contributed by atoms with Crippen LogP contribution < -0.4 is 9.64 Å². The molecule has 23 heavy (non-hydrogen) atoms. The van der Waals surface area contributed by atoms with E-state index in [-0.39, 0.29) is 5.91 Å². The molecule has 1 amide bonds. The fourth-order valence-corrected chi connectivity index (χ4v) is 3.91. The first kappa shape index (κ1) is 16.2. The zero-order chi connectivity index (χ0) is 16.4. The first-order valence-corrected chi connectivity index (χ1v) is 8.78. The van der Waals surface area contributed by atoms with Crippen LogP contribution >= 0.6 is 39.9 Å². The molecule has 0 aromatic heterocycles. The van der Waals surface area contributed by atoms with Gasteiger partial charge in [-0.3, -0.25) is 9.69 Å². The molecule has 0 N–H and O–H groups in total. The Hall–Kier alpha value is -1.63. The summed E-state index contributed by atoms with van der Waals surface area (Å²) < 4.78 is 6.50. The summed E-state index contributed by atoms with van der Waals surface area (Å²) in [6.07, 6.45) is 1.84. The number of para-hydroxylation sites is 1. The van der Waals surface area contributed by atoms with E-state index in [2.05, 4.69) is 15.9 Å². The largest absolute Gasteiger partial charge is 0.497 e. The molecule has 1 heterocycles. The summed E-state index contributed by atoms with van der Waals surface area (Å²) >= 11 is 10.2. The lowest BCUT2D eigenvalue weighted by Gasteiger charge is -2.15. The van der Waals surface area contributed by atoms with E-state index in [9.17, 15) is 4.79 Å². The fourth-order valence-electron chi connectivity index (χ4n) is 2.16. The third-order valence-electron chi connectivity index (χ3n) is 3.30. The van der Waals surface area contributed by atoms with Crippen LogP contribution in [0.3, 0.4) is 0 Å². The van der Waals surface area contributed by atoms with E-state index in [1.165, 1.54) is 11.8 Å². The molecule has 1 fully saturated rings. The van der Waals surface area contributed by atoms with Crippen LogP contribution in [0.2, 0.25) is 0 Å². The molecule has 2 aromatic carbocycles. The summed E-state index contributed by atoms with van der Waals surface area (Å²) in [5, 5.41) is 0. The summed E-state index contributed by atoms with van der Waals surface area (Å²) in [6.45, 7) is 0. The molecular formula is C17H12BrNO2S2. The third-order valence-corrected chi connectivity index (χ3v) is 5.27. The SMILES string of the molecule is COc1ccc(/C=C2/SC(=S)N(c3ccccc3Br)C2=O)cc1. The standard InChI is InChI=1S/C17H12BrNO2S2/c1-21-12-8-6-11(7-9-12)10-15-16(20)19(17(22)23-15)14-5-3-2-4-13(14)18/h2-10H,1H3/b15-10+. The minimum atomic E-state index is -0.109. The second-order valence-corrected chi connectivity index (χ2v) is 7.27. The highest BCUT2D eigenvalue weighted by atomic mass is 79.9. The molecule has 1 saturated heterocycles. The van der Waals surface area contributed by atoms with Gasteiger partial charge >= 0.3 is 0 Å². The lowest BCUT2D eigenvalue weighted by Crippen LogP contribution is -2.27. The number of rotatable bonds is 3. The van der Waals surface area contributed by atoms with Gasteiger partial charge in [-0.1, -0.05) is 48.2 Å². The first-order valence-electron chi connectivity index (χ1n) is 6.76. The van der Waals surface area contributed by atoms with E-state index in [1.807, 2.05) is 54.6 Å². The van der Waals surface area contributed by atoms with Crippen molar-refractivity contribution in [3.05, 3.63) is 63.5 Å². The minimum Gasteiger partial charge on any atom is -0.497 e. The Morgan fingerprint density at radius 2 is 1.87 bits per heavy atom. The average molecular weight is 406 g/mol. The van der Waals surface area contributed by atoms with Crippen LogP contribution in [0, 0.1) is 0 Å². The van der Waals surface area contributed by atoms with Gasteiger partial charge in [0, 0.05) is 4.47 Å². The highest BCUT2D eigenvalue weighted by Gasteiger charge is 2.34. The second kappa shape index (κ2) is 6.86. The lowest BCUT2D eigenvalue weighted by molar-refractivity contribution is -0.113. The normalized spacial score (nSPS) is 16.3. The maximum Gasteiger partial charge on any atom is 0.270 e. The number of benzene rings is 2. The molecule has 0 saturated carbocycles. The molecule has 0 bridgehead atoms. The maximum atomic E-state index is 12.7. The average Bonchev–Trinajstić information content (AvgIpc) is 2.83. The smallest absolute Gasteiger partial charge is 0.270 e. The van der Waals surface area contributed by atoms with Gasteiger partial charge in [-0.25, -0.2) is 0 Å². The van der Waals surface area contributed by atoms with Gasteiger partial charge in [0.05, 0.1) is 17.7 Å². The Balaban J connectivity index is 1.91. The van der Waals surface area contributed by atoms with E-state index in [0.717, 1.165) is 21.5 Å². The fraction of sp³-hybridized carbons (Fsp3) is 0.0588. The molecule has 2 aromatic rings. The summed E-state index contributed by atoms with van der Waals surface area (Å²) in [5.41, 5.74) is 1.69. The number of thiocarbonyl (C=S) groups is 1. The monoisotopic (exact) mass is 405 g/mol. The Bertz CT molecular complexity index is 802. The van der Waals surface area contributed by atoms with Gasteiger partial charge in [0.15, 0.2) is 4.32 Å². The molecule has 0 aliphatic carbocycles. The number of carbonyl (C=O) groups is 1. The van der Waals surface area contributed by atoms with Crippen LogP contribution in [0.1, 0.15) is 5.56 Å². The van der Waals surface area contributed by atoms with Gasteiger partial charge in [0.1, 0.15) is 5.75 Å². The lowest BCUT2D eigenvalue weighted by atomic mass is 10.2. The molecular weight excluding hydrogens is 394 g/mol. The molecule has 0 unspecified atom stereocenters. The van der Waals surface area contributed by atoms with Gasteiger partial charge in [0.25, 0.3) is 5.91 Å². The minimum absolute atomic E-state index is 0.109. The van der Waals surface area contributed by atoms with Gasteiger partial charge < -0.3 is 4.74 Å². The van der Waals surface area contributed by atoms with E-state index in [0.29, 0.717) is 9.23 Å². The number of hydrogen-bond acceptors (Lipinski definition) is 4. The summed E-state index contributed by atoms with van der Waals surface area (Å²) in [5.74, 6) is 0.672. The molecule has 0 radical (unpaired) electrons. The van der Waals surface area contributed by atoms with Crippen molar-refractivity contribution in [2.75, 3.05) is 12.0 Å². The van der Waals surface area contributed by atoms with Crippen molar-refractivity contribution in [1.82, 2.24) is 0 Å². The summed E-state index contributed by atoms with van der Waals surface area (Å²) in [7, 11) is 1.62. The van der Waals surface area contributed by atoms with Crippen molar-refractivity contribution in [1.29, 1.82) is 0 Å². The summed E-state index contributed by atoms with van der Waals surface area (Å²) in [6, 6.07) is 15.1. The van der Waals surface area contributed by atoms with Crippen LogP contribution in [0.5, 0.6) is 5.75 Å². The molecule has 1 aliphatic rings. The van der Waals surface area contributed by atoms with Crippen LogP contribution in [0.25, 0.3) is 6.08 Å². The number of anilines is 1. The summed E-state index contributed by atoms with van der Waals surface area (Å²) in [4.78, 5) is 14.9. The van der Waals surface area contributed by atoms with Crippen molar-refractivity contribution < 1.29 is 9.53 Å². The highest BCUT2D eigenvalue weighted by Crippen LogP contribution is 2.38. The Morgan fingerprint density at radius 1 is 1.17 bits per heavy atom. The van der Waals surface area contributed by atoms with Gasteiger partial charge in [-0.2, -0.15) is 0 Å². The first-order chi connectivity index (χ1) is 11.1. The Morgan fingerprint density at radius 3 is 2.52 bits per heavy atom. The van der Waals surface area contributed by atoms with Crippen LogP contribution in [0.4, 0.5) is 5.69 Å². The Kier molecular flexibility index (Phi) is 4.84. The number of nitrogens with zero attached hydrogens (tertiary/aromatic N) is 1. The van der Waals surface area contributed by atoms with Crippen LogP contribution in [-0.4, -0.2) is 17.3 Å². The van der Waals surface area contributed by atoms with E-state index in [1.54, 1.807) is 12.0 Å². The number of ether oxygens (including phenoxy) is 1. The molecule has 3 nitrogen and oxygen atoms in total. The number of halogens is 1. The predicted molar refractivity (Wildman–Crippen MR) is 103 cm³/mol. The number of hydrogen-bond donors (Lipinski definition) is 0. The number of carbonyl (C=O) groups excluding carboxylic acids is 1. The molecule has 1 aliphatic heterocycles. The molecule has 6 heteroatoms. The number of thioether (sulfide) groups is 1. The topological polar surface area (TPSA) is 29.5 Å². The third kappa shape index (κ3) is 3.34. The van der Waals surface area contributed by atoms with E-state index >= 15 is 0 Å². The highest BCUT2D eigenvalue weighted by molar-refractivity contribution is 9.10. The molecule has 0 spiro atoms. The molecule has 3 rings (SSSR count). The zero-order valence-corrected chi connectivity index (χ0v) is 15.4. The predicted octanol–water partition coefficient (Wildman–Crippen LogP) is 4.86. The van der Waals surface area contributed by atoms with E-state index < -0.39 is 0 Å². The van der Waals surface area contributed by atoms with Gasteiger partial charge in [-0.05, 0) is 51.8 Å². The maximum absolute atomic E-state index is 12.7. The van der Waals surface area contributed by atoms with Crippen molar-refractivity contribution in [3.63, 3.8) is 0 Å². The van der Waals surface area contributed by atoms with Crippen molar-refractivity contribution in [2.45, 2.75) is 0 Å². The number of methoxy groups -OCH3 is 1. The van der Waals surface area contributed by atoms with Crippen molar-refractivity contribution >= 4 is 61.9 Å². The Labute approximate surface area is 152 Å². The quantitative estimate of drug-likeness (QED) is 0.538. The van der Waals surface area contributed by atoms with E-state index in [4.69, 9.17) is 17.0 Å². The van der Waals surface area contributed by atoms with Crippen molar-refractivity contribution in [2.24, 2.45) is 0 Å². The zero-order valence-electron chi connectivity index (χ0n) is 12.2. The van der Waals surface area contributed by atoms with Gasteiger partial charge in [0.2, 0.25) is 0 Å². The molecule has 116 valence electrons. The van der Waals surface area contributed by atoms with Gasteiger partial charge in [-0.15, -0.1) is 0 Å². The molecule has 0 atom stereocenters. The van der Waals surface area contributed by atoms with Crippen LogP contribution in [-0.2, 0) is 4.79 Å². The van der Waals surface area contributed by atoms with Crippen molar-refractivity contribution in [3.8, 4) is 5.75 Å². The number of amides is 1. The second-order valence-electron chi connectivity index (χ2n) is 4.74.